The fourth-order valence-electron chi connectivity index (χ4n) is 0.967. The van der Waals surface area contributed by atoms with Gasteiger partial charge in [0.2, 0.25) is 0 Å². The Hall–Kier alpha value is -0.180. The molecule has 0 saturated carbocycles. The van der Waals surface area contributed by atoms with Gasteiger partial charge < -0.3 is 4.74 Å². The first kappa shape index (κ1) is 16.8. The van der Waals surface area contributed by atoms with Gasteiger partial charge >= 0.3 is 5.97 Å². The number of carbonyl (C=O) groups excluding carboxylic acids is 1. The van der Waals surface area contributed by atoms with Gasteiger partial charge in [-0.05, 0) is 23.5 Å². The molecule has 0 radical (unpaired) electrons. The lowest BCUT2D eigenvalue weighted by Gasteiger charge is -2.26. The van der Waals surface area contributed by atoms with E-state index in [0.29, 0.717) is 11.8 Å². The molecule has 0 fully saturated rings. The van der Waals surface area contributed by atoms with Crippen LogP contribution in [0.1, 0.15) is 54.9 Å². The van der Waals surface area contributed by atoms with Crippen molar-refractivity contribution in [3.8, 4) is 0 Å². The van der Waals surface area contributed by atoms with Gasteiger partial charge in [0.15, 0.2) is 0 Å². The van der Waals surface area contributed by atoms with Gasteiger partial charge in [0.05, 0.1) is 6.42 Å². The number of hydrogen-bond acceptors (Lipinski definition) is 3. The second-order valence-corrected chi connectivity index (χ2v) is 7.97. The molecule has 0 bridgehead atoms. The average Bonchev–Trinajstić information content (AvgIpc) is 2.09. The number of carbonyl (C=O) groups is 1. The van der Waals surface area contributed by atoms with Crippen LogP contribution in [-0.2, 0) is 9.53 Å². The largest absolute Gasteiger partial charge is 0.462 e. The van der Waals surface area contributed by atoms with Crippen molar-refractivity contribution in [1.82, 2.24) is 0 Å². The lowest BCUT2D eigenvalue weighted by atomic mass is 9.90. The monoisotopic (exact) mass is 260 g/mol. The van der Waals surface area contributed by atoms with Crippen molar-refractivity contribution in [2.75, 3.05) is 11.5 Å². The van der Waals surface area contributed by atoms with Crippen molar-refractivity contribution in [1.29, 1.82) is 0 Å². The Balaban J connectivity index is 3.75. The third-order valence-corrected chi connectivity index (χ3v) is 4.08. The van der Waals surface area contributed by atoms with Crippen molar-refractivity contribution in [3.05, 3.63) is 0 Å². The van der Waals surface area contributed by atoms with E-state index in [1.165, 1.54) is 0 Å². The van der Waals surface area contributed by atoms with Gasteiger partial charge in [-0.25, -0.2) is 0 Å². The first-order chi connectivity index (χ1) is 7.52. The number of ether oxygens (including phenoxy) is 1. The molecule has 0 aliphatic carbocycles. The highest BCUT2D eigenvalue weighted by molar-refractivity contribution is 7.99. The molecule has 1 atom stereocenters. The first-order valence-corrected chi connectivity index (χ1v) is 7.45. The summed E-state index contributed by atoms with van der Waals surface area (Å²) in [7, 11) is 0. The van der Waals surface area contributed by atoms with Crippen LogP contribution < -0.4 is 0 Å². The molecule has 0 aromatic carbocycles. The molecule has 0 spiro atoms. The zero-order valence-electron chi connectivity index (χ0n) is 12.4. The molecule has 102 valence electrons. The topological polar surface area (TPSA) is 26.3 Å². The molecule has 1 unspecified atom stereocenters. The summed E-state index contributed by atoms with van der Waals surface area (Å²) in [5, 5.41) is 0. The van der Waals surface area contributed by atoms with Crippen molar-refractivity contribution < 1.29 is 9.53 Å². The Morgan fingerprint density at radius 3 is 2.12 bits per heavy atom. The zero-order chi connectivity index (χ0) is 13.7. The molecule has 0 saturated heterocycles. The van der Waals surface area contributed by atoms with Crippen molar-refractivity contribution in [3.63, 3.8) is 0 Å². The summed E-state index contributed by atoms with van der Waals surface area (Å²) in [6, 6.07) is 0. The van der Waals surface area contributed by atoms with Crippen molar-refractivity contribution in [2.45, 2.75) is 61.0 Å². The number of rotatable bonds is 5. The third-order valence-electron chi connectivity index (χ3n) is 2.51. The minimum absolute atomic E-state index is 0.0220. The Morgan fingerprint density at radius 2 is 1.71 bits per heavy atom. The van der Waals surface area contributed by atoms with Crippen LogP contribution in [0, 0.1) is 10.8 Å². The summed E-state index contributed by atoms with van der Waals surface area (Å²) in [6.45, 7) is 14.8. The second kappa shape index (κ2) is 6.67. The molecular weight excluding hydrogens is 232 g/mol. The SMILES string of the molecule is CC(OC(=O)CCSCC(C)(C)C)C(C)(C)C. The molecule has 0 aliphatic heterocycles. The molecule has 3 heteroatoms. The summed E-state index contributed by atoms with van der Waals surface area (Å²) < 4.78 is 5.39. The zero-order valence-corrected chi connectivity index (χ0v) is 13.2. The van der Waals surface area contributed by atoms with Crippen LogP contribution >= 0.6 is 11.8 Å². The summed E-state index contributed by atoms with van der Waals surface area (Å²) in [5.74, 6) is 1.86. The number of hydrogen-bond donors (Lipinski definition) is 0. The molecular formula is C14H28O2S. The van der Waals surface area contributed by atoms with Crippen LogP contribution in [0.3, 0.4) is 0 Å². The molecule has 0 aliphatic rings. The molecule has 0 amide bonds. The number of esters is 1. The fraction of sp³-hybridized carbons (Fsp3) is 0.929. The standard InChI is InChI=1S/C14H28O2S/c1-11(14(5,6)7)16-12(15)8-9-17-10-13(2,3)4/h11H,8-10H2,1-7H3. The number of thioether (sulfide) groups is 1. The molecule has 0 aromatic rings. The van der Waals surface area contributed by atoms with Crippen LogP contribution in [0.25, 0.3) is 0 Å². The maximum Gasteiger partial charge on any atom is 0.306 e. The lowest BCUT2D eigenvalue weighted by molar-refractivity contribution is -0.152. The lowest BCUT2D eigenvalue weighted by Crippen LogP contribution is -2.28. The molecule has 17 heavy (non-hydrogen) atoms. The van der Waals surface area contributed by atoms with Gasteiger partial charge in [0.25, 0.3) is 0 Å². The predicted octanol–water partition coefficient (Wildman–Crippen LogP) is 4.13. The predicted molar refractivity (Wildman–Crippen MR) is 76.4 cm³/mol. The van der Waals surface area contributed by atoms with Crippen LogP contribution in [0.5, 0.6) is 0 Å². The molecule has 0 aromatic heterocycles. The third kappa shape index (κ3) is 9.51. The van der Waals surface area contributed by atoms with E-state index in [1.807, 2.05) is 18.7 Å². The minimum atomic E-state index is -0.0752. The summed E-state index contributed by atoms with van der Waals surface area (Å²) >= 11 is 1.82. The quantitative estimate of drug-likeness (QED) is 0.549. The van der Waals surface area contributed by atoms with E-state index in [0.717, 1.165) is 11.5 Å². The Morgan fingerprint density at radius 1 is 1.18 bits per heavy atom. The molecule has 0 rings (SSSR count). The molecule has 0 N–H and O–H groups in total. The second-order valence-electron chi connectivity index (χ2n) is 6.86. The summed E-state index contributed by atoms with van der Waals surface area (Å²) in [5.41, 5.74) is 0.349. The van der Waals surface area contributed by atoms with Crippen molar-refractivity contribution >= 4 is 17.7 Å². The van der Waals surface area contributed by atoms with E-state index in [-0.39, 0.29) is 17.5 Å². The van der Waals surface area contributed by atoms with E-state index >= 15 is 0 Å². The van der Waals surface area contributed by atoms with Crippen LogP contribution in [0.2, 0.25) is 0 Å². The van der Waals surface area contributed by atoms with E-state index in [2.05, 4.69) is 41.5 Å². The van der Waals surface area contributed by atoms with Gasteiger partial charge in [-0.1, -0.05) is 41.5 Å². The van der Waals surface area contributed by atoms with Crippen molar-refractivity contribution in [2.24, 2.45) is 10.8 Å². The van der Waals surface area contributed by atoms with Gasteiger partial charge in [-0.2, -0.15) is 11.8 Å². The van der Waals surface area contributed by atoms with Crippen LogP contribution in [0.4, 0.5) is 0 Å². The molecule has 0 heterocycles. The maximum absolute atomic E-state index is 11.6. The highest BCUT2D eigenvalue weighted by Gasteiger charge is 2.23. The van der Waals surface area contributed by atoms with Crippen LogP contribution in [0.15, 0.2) is 0 Å². The molecule has 2 nitrogen and oxygen atoms in total. The van der Waals surface area contributed by atoms with E-state index in [1.54, 1.807) is 0 Å². The Labute approximate surface area is 111 Å². The van der Waals surface area contributed by atoms with E-state index < -0.39 is 0 Å². The summed E-state index contributed by atoms with van der Waals surface area (Å²) in [4.78, 5) is 11.6. The maximum atomic E-state index is 11.6. The summed E-state index contributed by atoms with van der Waals surface area (Å²) in [6.07, 6.45) is 0.490. The normalized spacial score (nSPS) is 14.5. The van der Waals surface area contributed by atoms with E-state index in [4.69, 9.17) is 4.74 Å². The smallest absolute Gasteiger partial charge is 0.306 e. The van der Waals surface area contributed by atoms with Gasteiger partial charge in [-0.15, -0.1) is 0 Å². The Kier molecular flexibility index (Phi) is 6.60. The van der Waals surface area contributed by atoms with Crippen LogP contribution in [-0.4, -0.2) is 23.6 Å². The van der Waals surface area contributed by atoms with E-state index in [9.17, 15) is 4.79 Å². The minimum Gasteiger partial charge on any atom is -0.462 e. The highest BCUT2D eigenvalue weighted by Crippen LogP contribution is 2.23. The average molecular weight is 260 g/mol. The van der Waals surface area contributed by atoms with Gasteiger partial charge in [0, 0.05) is 5.75 Å². The first-order valence-electron chi connectivity index (χ1n) is 6.29. The Bertz CT molecular complexity index is 236. The highest BCUT2D eigenvalue weighted by atomic mass is 32.2. The van der Waals surface area contributed by atoms with Gasteiger partial charge in [0.1, 0.15) is 6.10 Å². The fourth-order valence-corrected chi connectivity index (χ4v) is 2.03. The van der Waals surface area contributed by atoms with Gasteiger partial charge in [-0.3, -0.25) is 4.79 Å².